The van der Waals surface area contributed by atoms with Crippen LogP contribution in [0.4, 0.5) is 11.4 Å². The van der Waals surface area contributed by atoms with Crippen LogP contribution in [0.1, 0.15) is 13.8 Å². The third kappa shape index (κ3) is 2.64. The first kappa shape index (κ1) is 12.6. The molecule has 0 radical (unpaired) electrons. The third-order valence-electron chi connectivity index (χ3n) is 3.43. The Bertz CT molecular complexity index is 562. The minimum Gasteiger partial charge on any atom is -0.340 e. The molecule has 0 aliphatic carbocycles. The van der Waals surface area contributed by atoms with E-state index in [0.29, 0.717) is 5.41 Å². The number of anilines is 2. The molecule has 0 bridgehead atoms. The van der Waals surface area contributed by atoms with E-state index in [2.05, 4.69) is 73.3 Å². The predicted molar refractivity (Wildman–Crippen MR) is 84.4 cm³/mol. The largest absolute Gasteiger partial charge is 0.340 e. The molecule has 98 valence electrons. The van der Waals surface area contributed by atoms with Crippen molar-refractivity contribution in [1.82, 2.24) is 0 Å². The van der Waals surface area contributed by atoms with Gasteiger partial charge in [0.15, 0.2) is 0 Å². The topological polar surface area (TPSA) is 3.24 Å². The van der Waals surface area contributed by atoms with Gasteiger partial charge in [-0.05, 0) is 29.7 Å². The van der Waals surface area contributed by atoms with Gasteiger partial charge in [-0.1, -0.05) is 44.2 Å². The third-order valence-corrected chi connectivity index (χ3v) is 5.01. The Morgan fingerprint density at radius 2 is 1.63 bits per heavy atom. The molecule has 2 aromatic carbocycles. The number of para-hydroxylation sites is 2. The first-order valence-corrected chi connectivity index (χ1v) is 7.69. The summed E-state index contributed by atoms with van der Waals surface area (Å²) in [7, 11) is 0. The number of thioether (sulfide) groups is 1. The standard InChI is InChI=1S/C17H19NS/c1-17(2)12-18(14-8-4-3-5-9-14)15-10-6-7-11-16(15)19-13-17/h3-11H,12-13H2,1-2H3. The first-order chi connectivity index (χ1) is 9.16. The number of hydrogen-bond donors (Lipinski definition) is 0. The molecule has 19 heavy (non-hydrogen) atoms. The molecule has 0 fully saturated rings. The maximum Gasteiger partial charge on any atom is 0.0549 e. The van der Waals surface area contributed by atoms with Crippen LogP contribution in [-0.2, 0) is 0 Å². The Hall–Kier alpha value is -1.41. The number of rotatable bonds is 1. The van der Waals surface area contributed by atoms with Gasteiger partial charge in [-0.3, -0.25) is 0 Å². The number of fused-ring (bicyclic) bond motifs is 1. The second-order valence-corrected chi connectivity index (χ2v) is 6.86. The lowest BCUT2D eigenvalue weighted by molar-refractivity contribution is 0.437. The second-order valence-electron chi connectivity index (χ2n) is 5.84. The summed E-state index contributed by atoms with van der Waals surface area (Å²) in [5, 5.41) is 0. The molecule has 0 aromatic heterocycles. The van der Waals surface area contributed by atoms with Gasteiger partial charge in [0, 0.05) is 22.9 Å². The maximum atomic E-state index is 2.45. The van der Waals surface area contributed by atoms with Gasteiger partial charge in [0.2, 0.25) is 0 Å². The van der Waals surface area contributed by atoms with Crippen LogP contribution in [0.25, 0.3) is 0 Å². The molecule has 0 N–H and O–H groups in total. The highest BCUT2D eigenvalue weighted by atomic mass is 32.2. The lowest BCUT2D eigenvalue weighted by Crippen LogP contribution is -2.31. The highest BCUT2D eigenvalue weighted by Gasteiger charge is 2.28. The minimum absolute atomic E-state index is 0.305. The molecule has 1 aliphatic heterocycles. The molecule has 0 amide bonds. The summed E-state index contributed by atoms with van der Waals surface area (Å²) >= 11 is 1.97. The highest BCUT2D eigenvalue weighted by Crippen LogP contribution is 2.42. The minimum atomic E-state index is 0.305. The highest BCUT2D eigenvalue weighted by molar-refractivity contribution is 7.99. The summed E-state index contributed by atoms with van der Waals surface area (Å²) in [6.07, 6.45) is 0. The Kier molecular flexibility index (Phi) is 3.28. The van der Waals surface area contributed by atoms with Crippen molar-refractivity contribution in [2.75, 3.05) is 17.2 Å². The van der Waals surface area contributed by atoms with Gasteiger partial charge in [-0.2, -0.15) is 0 Å². The van der Waals surface area contributed by atoms with Crippen molar-refractivity contribution in [2.24, 2.45) is 5.41 Å². The van der Waals surface area contributed by atoms with Crippen molar-refractivity contribution in [3.05, 3.63) is 54.6 Å². The van der Waals surface area contributed by atoms with Gasteiger partial charge in [-0.25, -0.2) is 0 Å². The van der Waals surface area contributed by atoms with Crippen molar-refractivity contribution in [2.45, 2.75) is 18.7 Å². The molecule has 1 nitrogen and oxygen atoms in total. The van der Waals surface area contributed by atoms with Crippen LogP contribution in [0.2, 0.25) is 0 Å². The lowest BCUT2D eigenvalue weighted by Gasteiger charge is -2.31. The molecule has 0 atom stereocenters. The van der Waals surface area contributed by atoms with Gasteiger partial charge < -0.3 is 4.90 Å². The van der Waals surface area contributed by atoms with E-state index >= 15 is 0 Å². The fourth-order valence-corrected chi connectivity index (χ4v) is 3.61. The maximum absolute atomic E-state index is 2.45. The summed E-state index contributed by atoms with van der Waals surface area (Å²) in [5.41, 5.74) is 2.93. The number of nitrogens with zero attached hydrogens (tertiary/aromatic N) is 1. The Morgan fingerprint density at radius 1 is 0.947 bits per heavy atom. The average molecular weight is 269 g/mol. The van der Waals surface area contributed by atoms with E-state index in [4.69, 9.17) is 0 Å². The van der Waals surface area contributed by atoms with Crippen molar-refractivity contribution >= 4 is 23.1 Å². The summed E-state index contributed by atoms with van der Waals surface area (Å²) < 4.78 is 0. The van der Waals surface area contributed by atoms with Crippen molar-refractivity contribution in [3.8, 4) is 0 Å². The van der Waals surface area contributed by atoms with Crippen molar-refractivity contribution in [1.29, 1.82) is 0 Å². The molecule has 2 heteroatoms. The van der Waals surface area contributed by atoms with Crippen molar-refractivity contribution in [3.63, 3.8) is 0 Å². The summed E-state index contributed by atoms with van der Waals surface area (Å²) in [6, 6.07) is 19.4. The quantitative estimate of drug-likeness (QED) is 0.720. The Labute approximate surface area is 119 Å². The van der Waals surface area contributed by atoms with E-state index in [0.717, 1.165) is 12.3 Å². The molecular weight excluding hydrogens is 250 g/mol. The van der Waals surface area contributed by atoms with Gasteiger partial charge in [0.1, 0.15) is 0 Å². The van der Waals surface area contributed by atoms with E-state index in [1.165, 1.54) is 16.3 Å². The summed E-state index contributed by atoms with van der Waals surface area (Å²) in [4.78, 5) is 3.84. The predicted octanol–water partition coefficient (Wildman–Crippen LogP) is 4.96. The van der Waals surface area contributed by atoms with Gasteiger partial charge >= 0.3 is 0 Å². The Morgan fingerprint density at radius 3 is 2.42 bits per heavy atom. The van der Waals surface area contributed by atoms with Crippen LogP contribution in [0.3, 0.4) is 0 Å². The fraction of sp³-hybridized carbons (Fsp3) is 0.294. The molecule has 0 spiro atoms. The van der Waals surface area contributed by atoms with Crippen LogP contribution in [-0.4, -0.2) is 12.3 Å². The lowest BCUT2D eigenvalue weighted by atomic mass is 9.95. The molecular formula is C17H19NS. The number of hydrogen-bond acceptors (Lipinski definition) is 2. The van der Waals surface area contributed by atoms with E-state index in [-0.39, 0.29) is 0 Å². The smallest absolute Gasteiger partial charge is 0.0549 e. The van der Waals surface area contributed by atoms with Gasteiger partial charge in [-0.15, -0.1) is 11.8 Å². The van der Waals surface area contributed by atoms with Crippen LogP contribution < -0.4 is 4.90 Å². The van der Waals surface area contributed by atoms with E-state index in [9.17, 15) is 0 Å². The monoisotopic (exact) mass is 269 g/mol. The zero-order chi connectivity index (χ0) is 13.3. The second kappa shape index (κ2) is 4.93. The fourth-order valence-electron chi connectivity index (χ4n) is 2.47. The van der Waals surface area contributed by atoms with E-state index in [1.54, 1.807) is 0 Å². The summed E-state index contributed by atoms with van der Waals surface area (Å²) in [6.45, 7) is 5.75. The normalized spacial score (nSPS) is 17.7. The molecule has 0 saturated carbocycles. The molecule has 0 unspecified atom stereocenters. The average Bonchev–Trinajstić information content (AvgIpc) is 2.57. The summed E-state index contributed by atoms with van der Waals surface area (Å²) in [5.74, 6) is 1.16. The van der Waals surface area contributed by atoms with Crippen LogP contribution in [0.5, 0.6) is 0 Å². The van der Waals surface area contributed by atoms with Gasteiger partial charge in [0.05, 0.1) is 5.69 Å². The first-order valence-electron chi connectivity index (χ1n) is 6.70. The van der Waals surface area contributed by atoms with Crippen LogP contribution in [0, 0.1) is 5.41 Å². The molecule has 0 saturated heterocycles. The molecule has 2 aromatic rings. The molecule has 1 heterocycles. The zero-order valence-corrected chi connectivity index (χ0v) is 12.3. The molecule has 3 rings (SSSR count). The zero-order valence-electron chi connectivity index (χ0n) is 11.5. The van der Waals surface area contributed by atoms with E-state index < -0.39 is 0 Å². The van der Waals surface area contributed by atoms with Gasteiger partial charge in [0.25, 0.3) is 0 Å². The van der Waals surface area contributed by atoms with Crippen molar-refractivity contribution < 1.29 is 0 Å². The van der Waals surface area contributed by atoms with Crippen LogP contribution >= 0.6 is 11.8 Å². The Balaban J connectivity index is 2.09. The van der Waals surface area contributed by atoms with E-state index in [1.807, 2.05) is 11.8 Å². The number of benzene rings is 2. The molecule has 1 aliphatic rings. The SMILES string of the molecule is CC1(C)CSc2ccccc2N(c2ccccc2)C1. The van der Waals surface area contributed by atoms with Crippen LogP contribution in [0.15, 0.2) is 59.5 Å².